The van der Waals surface area contributed by atoms with Crippen molar-refractivity contribution in [2.24, 2.45) is 0 Å². The minimum Gasteiger partial charge on any atom is -0.383 e. The molecule has 0 aliphatic heterocycles. The summed E-state index contributed by atoms with van der Waals surface area (Å²) in [5.41, 5.74) is 0. The minimum absolute atomic E-state index is 0.0143. The van der Waals surface area contributed by atoms with E-state index in [0.29, 0.717) is 17.3 Å². The Kier molecular flexibility index (Phi) is 6.81. The molecule has 7 heteroatoms. The van der Waals surface area contributed by atoms with Gasteiger partial charge in [-0.25, -0.2) is 8.42 Å². The molecule has 0 amide bonds. The molecule has 0 aliphatic rings. The van der Waals surface area contributed by atoms with Crippen LogP contribution in [0.4, 0.5) is 0 Å². The Hall–Kier alpha value is -0.760. The fourth-order valence-corrected chi connectivity index (χ4v) is 3.62. The molecule has 2 unspecified atom stereocenters. The fourth-order valence-electron chi connectivity index (χ4n) is 1.77. The van der Waals surface area contributed by atoms with E-state index in [2.05, 4.69) is 5.32 Å². The molecule has 0 heterocycles. The Morgan fingerprint density at radius 1 is 1.30 bits per heavy atom. The van der Waals surface area contributed by atoms with Crippen LogP contribution in [0.5, 0.6) is 0 Å². The third kappa shape index (κ3) is 5.32. The number of rotatable bonds is 8. The van der Waals surface area contributed by atoms with Crippen molar-refractivity contribution in [3.63, 3.8) is 0 Å². The van der Waals surface area contributed by atoms with Gasteiger partial charge in [-0.05, 0) is 30.8 Å². The molecule has 1 aromatic carbocycles. The van der Waals surface area contributed by atoms with E-state index in [1.807, 2.05) is 6.92 Å². The van der Waals surface area contributed by atoms with Gasteiger partial charge in [-0.2, -0.15) is 0 Å². The second kappa shape index (κ2) is 7.87. The van der Waals surface area contributed by atoms with Gasteiger partial charge in [-0.1, -0.05) is 6.92 Å². The normalized spacial score (nSPS) is 14.9. The summed E-state index contributed by atoms with van der Waals surface area (Å²) < 4.78 is 40.0. The van der Waals surface area contributed by atoms with Crippen LogP contribution in [-0.2, 0) is 25.4 Å². The Bertz CT molecular complexity index is 534. The summed E-state index contributed by atoms with van der Waals surface area (Å²) in [4.78, 5) is 0.856. The van der Waals surface area contributed by atoms with E-state index in [-0.39, 0.29) is 10.9 Å². The predicted octanol–water partition coefficient (Wildman–Crippen LogP) is 0.822. The van der Waals surface area contributed by atoms with Gasteiger partial charge < -0.3 is 10.1 Å². The van der Waals surface area contributed by atoms with Crippen molar-refractivity contribution >= 4 is 20.6 Å². The van der Waals surface area contributed by atoms with Crippen molar-refractivity contribution in [1.29, 1.82) is 0 Å². The van der Waals surface area contributed by atoms with Crippen LogP contribution >= 0.6 is 0 Å². The predicted molar refractivity (Wildman–Crippen MR) is 80.2 cm³/mol. The zero-order valence-corrected chi connectivity index (χ0v) is 13.6. The molecular formula is C13H21NO4S2. The topological polar surface area (TPSA) is 72.5 Å². The Morgan fingerprint density at radius 2 is 1.90 bits per heavy atom. The molecule has 0 saturated carbocycles. The highest BCUT2D eigenvalue weighted by atomic mass is 32.2. The highest BCUT2D eigenvalue weighted by Crippen LogP contribution is 2.13. The lowest BCUT2D eigenvalue weighted by molar-refractivity contribution is 0.174. The molecule has 0 saturated heterocycles. The summed E-state index contributed by atoms with van der Waals surface area (Å²) >= 11 is 0. The van der Waals surface area contributed by atoms with Crippen LogP contribution in [0.25, 0.3) is 0 Å². The highest BCUT2D eigenvalue weighted by molar-refractivity contribution is 7.90. The number of hydrogen-bond donors (Lipinski definition) is 1. The van der Waals surface area contributed by atoms with Gasteiger partial charge in [-0.3, -0.25) is 4.21 Å². The minimum atomic E-state index is -3.22. The molecule has 114 valence electrons. The van der Waals surface area contributed by atoms with Gasteiger partial charge in [0, 0.05) is 30.1 Å². The summed E-state index contributed by atoms with van der Waals surface area (Å²) in [7, 11) is -2.80. The van der Waals surface area contributed by atoms with Gasteiger partial charge in [0.2, 0.25) is 0 Å². The number of sulfone groups is 1. The van der Waals surface area contributed by atoms with Crippen LogP contribution in [0.15, 0.2) is 34.1 Å². The maximum atomic E-state index is 12.2. The number of likely N-dealkylation sites (N-methyl/N-ethyl adjacent to an activating group) is 1. The number of methoxy groups -OCH3 is 1. The average Bonchev–Trinajstić information content (AvgIpc) is 2.38. The van der Waals surface area contributed by atoms with Crippen LogP contribution in [0.2, 0.25) is 0 Å². The lowest BCUT2D eigenvalue weighted by Gasteiger charge is -2.16. The summed E-state index contributed by atoms with van der Waals surface area (Å²) in [6, 6.07) is 6.19. The molecule has 0 bridgehead atoms. The molecule has 5 nitrogen and oxygen atoms in total. The maximum absolute atomic E-state index is 12.2. The lowest BCUT2D eigenvalue weighted by Crippen LogP contribution is -2.37. The molecule has 1 aromatic rings. The van der Waals surface area contributed by atoms with Crippen molar-refractivity contribution < 1.29 is 17.4 Å². The number of hydrogen-bond acceptors (Lipinski definition) is 5. The average molecular weight is 319 g/mol. The van der Waals surface area contributed by atoms with Gasteiger partial charge in [0.15, 0.2) is 9.84 Å². The van der Waals surface area contributed by atoms with Gasteiger partial charge in [-0.15, -0.1) is 0 Å². The quantitative estimate of drug-likeness (QED) is 0.768. The molecule has 1 rings (SSSR count). The van der Waals surface area contributed by atoms with Crippen LogP contribution in [0, 0.1) is 0 Å². The summed E-state index contributed by atoms with van der Waals surface area (Å²) in [6.45, 7) is 3.24. The smallest absolute Gasteiger partial charge is 0.175 e. The number of ether oxygens (including phenoxy) is 1. The van der Waals surface area contributed by atoms with E-state index in [1.54, 1.807) is 19.2 Å². The first-order valence-electron chi connectivity index (χ1n) is 6.29. The van der Waals surface area contributed by atoms with Crippen LogP contribution < -0.4 is 5.32 Å². The number of nitrogens with one attached hydrogen (secondary N) is 1. The van der Waals surface area contributed by atoms with Gasteiger partial charge in [0.1, 0.15) is 0 Å². The summed E-state index contributed by atoms with van der Waals surface area (Å²) in [5, 5.41) is 3.21. The first-order valence-corrected chi connectivity index (χ1v) is 9.50. The van der Waals surface area contributed by atoms with E-state index in [9.17, 15) is 12.6 Å². The highest BCUT2D eigenvalue weighted by Gasteiger charge is 2.14. The van der Waals surface area contributed by atoms with Gasteiger partial charge >= 0.3 is 0 Å². The Morgan fingerprint density at radius 3 is 2.35 bits per heavy atom. The third-order valence-corrected chi connectivity index (χ3v) is 5.36. The molecule has 0 aliphatic carbocycles. The second-order valence-electron chi connectivity index (χ2n) is 4.47. The van der Waals surface area contributed by atoms with E-state index < -0.39 is 20.6 Å². The summed E-state index contributed by atoms with van der Waals surface area (Å²) in [5.74, 6) is 0.430. The summed E-state index contributed by atoms with van der Waals surface area (Å²) in [6.07, 6.45) is 1.15. The lowest BCUT2D eigenvalue weighted by atomic mass is 10.3. The molecule has 0 radical (unpaired) electrons. The molecule has 0 fully saturated rings. The van der Waals surface area contributed by atoms with E-state index in [4.69, 9.17) is 4.74 Å². The van der Waals surface area contributed by atoms with Crippen LogP contribution in [-0.4, -0.2) is 50.9 Å². The van der Waals surface area contributed by atoms with E-state index in [1.165, 1.54) is 12.1 Å². The first-order chi connectivity index (χ1) is 9.38. The molecule has 20 heavy (non-hydrogen) atoms. The van der Waals surface area contributed by atoms with Crippen LogP contribution in [0.3, 0.4) is 0 Å². The van der Waals surface area contributed by atoms with Crippen molar-refractivity contribution in [2.45, 2.75) is 22.8 Å². The Balaban J connectivity index is 2.77. The maximum Gasteiger partial charge on any atom is 0.175 e. The van der Waals surface area contributed by atoms with Crippen molar-refractivity contribution in [2.75, 3.05) is 32.3 Å². The van der Waals surface area contributed by atoms with Crippen molar-refractivity contribution in [3.05, 3.63) is 24.3 Å². The molecule has 0 aromatic heterocycles. The molecule has 1 N–H and O–H groups in total. The number of benzene rings is 1. The molecule has 0 spiro atoms. The monoisotopic (exact) mass is 319 g/mol. The largest absolute Gasteiger partial charge is 0.383 e. The van der Waals surface area contributed by atoms with E-state index in [0.717, 1.165) is 12.8 Å². The van der Waals surface area contributed by atoms with E-state index >= 15 is 0 Å². The van der Waals surface area contributed by atoms with Crippen molar-refractivity contribution in [3.8, 4) is 0 Å². The first kappa shape index (κ1) is 17.3. The second-order valence-corrected chi connectivity index (χ2v) is 7.98. The standard InChI is InChI=1S/C13H21NO4S2/c1-4-14-11(9-18-2)10-19(15)12-5-7-13(8-6-12)20(3,16)17/h5-8,11,14H,4,9-10H2,1-3H3. The van der Waals surface area contributed by atoms with Crippen molar-refractivity contribution in [1.82, 2.24) is 5.32 Å². The third-order valence-electron chi connectivity index (χ3n) is 2.73. The Labute approximate surface area is 123 Å². The molecular weight excluding hydrogens is 298 g/mol. The van der Waals surface area contributed by atoms with Gasteiger partial charge in [0.05, 0.1) is 22.3 Å². The van der Waals surface area contributed by atoms with Gasteiger partial charge in [0.25, 0.3) is 0 Å². The fraction of sp³-hybridized carbons (Fsp3) is 0.538. The SMILES string of the molecule is CCNC(COC)CS(=O)c1ccc(S(C)(=O)=O)cc1. The zero-order valence-electron chi connectivity index (χ0n) is 12.0. The van der Waals surface area contributed by atoms with Crippen LogP contribution in [0.1, 0.15) is 6.92 Å². The zero-order chi connectivity index (χ0) is 15.2. The molecule has 2 atom stereocenters.